The SMILES string of the molecule is c1ccc(-c2ccc(N3c4ccc(-c5ccccc5)cc4B4c5c3cc3c(oc6ccccc63)c5-c3cccc5c6c7ccccc7ccc6n4c35)cc2)cc1. The first kappa shape index (κ1) is 30.1. The molecule has 258 valence electrons. The minimum absolute atomic E-state index is 0.104. The van der Waals surface area contributed by atoms with Crippen molar-refractivity contribution in [3.63, 3.8) is 0 Å². The summed E-state index contributed by atoms with van der Waals surface area (Å²) in [4.78, 5) is 2.50. The van der Waals surface area contributed by atoms with E-state index in [4.69, 9.17) is 4.42 Å². The molecule has 0 aliphatic carbocycles. The van der Waals surface area contributed by atoms with Crippen molar-refractivity contribution in [2.24, 2.45) is 0 Å². The first-order chi connectivity index (χ1) is 27.8. The summed E-state index contributed by atoms with van der Waals surface area (Å²) < 4.78 is 9.62. The number of aromatic nitrogens is 1. The average molecular weight is 711 g/mol. The Morgan fingerprint density at radius 1 is 0.464 bits per heavy atom. The normalized spacial score (nSPS) is 12.9. The summed E-state index contributed by atoms with van der Waals surface area (Å²) in [6.45, 7) is -0.104. The number of rotatable bonds is 3. The van der Waals surface area contributed by atoms with Gasteiger partial charge in [0.05, 0.1) is 0 Å². The number of benzene rings is 9. The zero-order chi connectivity index (χ0) is 36.5. The van der Waals surface area contributed by atoms with Crippen LogP contribution in [0, 0.1) is 0 Å². The Balaban J connectivity index is 1.20. The van der Waals surface area contributed by atoms with E-state index in [1.165, 1.54) is 88.3 Å². The Hall–Kier alpha value is -7.30. The summed E-state index contributed by atoms with van der Waals surface area (Å²) in [5.74, 6) is 0. The highest BCUT2D eigenvalue weighted by molar-refractivity contribution is 6.90. The van der Waals surface area contributed by atoms with Crippen LogP contribution in [0.1, 0.15) is 0 Å². The van der Waals surface area contributed by atoms with Crippen molar-refractivity contribution >= 4 is 89.4 Å². The number of hydrogen-bond acceptors (Lipinski definition) is 2. The second-order valence-electron chi connectivity index (χ2n) is 15.2. The summed E-state index contributed by atoms with van der Waals surface area (Å²) in [6, 6.07) is 68.8. The Bertz CT molecular complexity index is 3420. The Morgan fingerprint density at radius 2 is 1.14 bits per heavy atom. The van der Waals surface area contributed by atoms with Crippen LogP contribution in [0.4, 0.5) is 17.1 Å². The number of anilines is 3. The fraction of sp³-hybridized carbons (Fsp3) is 0. The summed E-state index contributed by atoms with van der Waals surface area (Å²) in [6.07, 6.45) is 0. The predicted octanol–water partition coefficient (Wildman–Crippen LogP) is 12.6. The third-order valence-electron chi connectivity index (χ3n) is 12.3. The third-order valence-corrected chi connectivity index (χ3v) is 12.3. The van der Waals surface area contributed by atoms with Crippen molar-refractivity contribution < 1.29 is 4.42 Å². The molecule has 0 spiro atoms. The monoisotopic (exact) mass is 710 g/mol. The first-order valence-electron chi connectivity index (χ1n) is 19.4. The van der Waals surface area contributed by atoms with Gasteiger partial charge in [-0.1, -0.05) is 152 Å². The van der Waals surface area contributed by atoms with E-state index in [0.717, 1.165) is 27.6 Å². The van der Waals surface area contributed by atoms with Gasteiger partial charge in [-0.05, 0) is 80.4 Å². The van der Waals surface area contributed by atoms with Gasteiger partial charge in [0.1, 0.15) is 11.2 Å². The molecule has 2 aliphatic rings. The summed E-state index contributed by atoms with van der Waals surface area (Å²) in [5, 5.41) is 7.37. The molecule has 56 heavy (non-hydrogen) atoms. The molecule has 2 aromatic heterocycles. The molecule has 0 amide bonds. The Kier molecular flexibility index (Phi) is 5.98. The second-order valence-corrected chi connectivity index (χ2v) is 15.2. The van der Waals surface area contributed by atoms with Gasteiger partial charge in [-0.3, -0.25) is 0 Å². The van der Waals surface area contributed by atoms with Crippen LogP contribution in [0.15, 0.2) is 192 Å². The standard InChI is InChI=1S/C52H31BN2O/c1-3-12-32(13-4-1)34-22-26-37(27-23-34)54-44-28-25-36(33-14-5-2-6-15-33)30-43(44)53-50-46(54)31-42-39-18-9-10-21-47(39)56-52(42)49(50)41-20-11-19-40-48-38-17-8-7-16-35(38)24-29-45(48)55(53)51(40)41/h1-31H. The molecule has 0 atom stereocenters. The van der Waals surface area contributed by atoms with Crippen molar-refractivity contribution in [1.29, 1.82) is 0 Å². The van der Waals surface area contributed by atoms with E-state index in [0.29, 0.717) is 0 Å². The maximum Gasteiger partial charge on any atom is 0.333 e. The van der Waals surface area contributed by atoms with Crippen LogP contribution in [0.2, 0.25) is 0 Å². The molecule has 0 N–H and O–H groups in total. The van der Waals surface area contributed by atoms with Crippen molar-refractivity contribution in [2.75, 3.05) is 4.90 Å². The van der Waals surface area contributed by atoms with Gasteiger partial charge >= 0.3 is 6.85 Å². The molecule has 4 heteroatoms. The van der Waals surface area contributed by atoms with Crippen LogP contribution in [-0.2, 0) is 0 Å². The molecule has 9 aromatic carbocycles. The second kappa shape index (κ2) is 11.1. The molecular formula is C52H31BN2O. The quantitative estimate of drug-likeness (QED) is 0.170. The molecule has 0 fully saturated rings. The molecule has 0 radical (unpaired) electrons. The van der Waals surface area contributed by atoms with Gasteiger partial charge in [-0.2, -0.15) is 0 Å². The lowest BCUT2D eigenvalue weighted by Crippen LogP contribution is -2.56. The molecule has 0 saturated carbocycles. The maximum atomic E-state index is 6.97. The number of fused-ring (bicyclic) bond motifs is 13. The number of hydrogen-bond donors (Lipinski definition) is 0. The summed E-state index contributed by atoms with van der Waals surface area (Å²) in [7, 11) is 0. The minimum Gasteiger partial charge on any atom is -0.455 e. The van der Waals surface area contributed by atoms with Crippen LogP contribution in [-0.4, -0.2) is 11.3 Å². The van der Waals surface area contributed by atoms with Gasteiger partial charge in [-0.15, -0.1) is 0 Å². The van der Waals surface area contributed by atoms with E-state index in [2.05, 4.69) is 197 Å². The largest absolute Gasteiger partial charge is 0.455 e. The van der Waals surface area contributed by atoms with E-state index in [-0.39, 0.29) is 6.85 Å². The predicted molar refractivity (Wildman–Crippen MR) is 236 cm³/mol. The highest BCUT2D eigenvalue weighted by Crippen LogP contribution is 2.50. The third kappa shape index (κ3) is 3.97. The van der Waals surface area contributed by atoms with Crippen LogP contribution in [0.25, 0.3) is 87.9 Å². The Morgan fingerprint density at radius 3 is 1.96 bits per heavy atom. The molecular weight excluding hydrogens is 679 g/mol. The van der Waals surface area contributed by atoms with Gasteiger partial charge in [-0.25, -0.2) is 0 Å². The summed E-state index contributed by atoms with van der Waals surface area (Å²) >= 11 is 0. The highest BCUT2D eigenvalue weighted by Gasteiger charge is 2.44. The molecule has 2 aliphatic heterocycles. The van der Waals surface area contributed by atoms with Crippen molar-refractivity contribution in [1.82, 2.24) is 4.48 Å². The number of para-hydroxylation sites is 2. The molecule has 4 heterocycles. The smallest absolute Gasteiger partial charge is 0.333 e. The number of nitrogens with zero attached hydrogens (tertiary/aromatic N) is 2. The molecule has 0 bridgehead atoms. The highest BCUT2D eigenvalue weighted by atomic mass is 16.3. The molecule has 0 saturated heterocycles. The van der Waals surface area contributed by atoms with Gasteiger partial charge in [0.25, 0.3) is 0 Å². The topological polar surface area (TPSA) is 21.3 Å². The fourth-order valence-electron chi connectivity index (χ4n) is 9.98. The van der Waals surface area contributed by atoms with Gasteiger partial charge < -0.3 is 13.8 Å². The maximum absolute atomic E-state index is 6.97. The fourth-order valence-corrected chi connectivity index (χ4v) is 9.98. The molecule has 3 nitrogen and oxygen atoms in total. The lowest BCUT2D eigenvalue weighted by atomic mass is 9.44. The zero-order valence-corrected chi connectivity index (χ0v) is 30.3. The lowest BCUT2D eigenvalue weighted by molar-refractivity contribution is 0.670. The van der Waals surface area contributed by atoms with Crippen LogP contribution in [0.5, 0.6) is 0 Å². The van der Waals surface area contributed by atoms with Crippen LogP contribution >= 0.6 is 0 Å². The molecule has 0 unspecified atom stereocenters. The molecule has 13 rings (SSSR count). The van der Waals surface area contributed by atoms with E-state index in [9.17, 15) is 0 Å². The first-order valence-corrected chi connectivity index (χ1v) is 19.4. The van der Waals surface area contributed by atoms with Gasteiger partial charge in [0.2, 0.25) is 0 Å². The van der Waals surface area contributed by atoms with Crippen LogP contribution in [0.3, 0.4) is 0 Å². The van der Waals surface area contributed by atoms with E-state index in [1.54, 1.807) is 0 Å². The Labute approximate surface area is 323 Å². The number of furan rings is 1. The average Bonchev–Trinajstić information content (AvgIpc) is 3.82. The minimum atomic E-state index is -0.104. The zero-order valence-electron chi connectivity index (χ0n) is 30.3. The van der Waals surface area contributed by atoms with Crippen molar-refractivity contribution in [3.8, 4) is 33.4 Å². The van der Waals surface area contributed by atoms with E-state index >= 15 is 0 Å². The van der Waals surface area contributed by atoms with Gasteiger partial charge in [0, 0.05) is 60.8 Å². The van der Waals surface area contributed by atoms with Crippen molar-refractivity contribution in [2.45, 2.75) is 0 Å². The van der Waals surface area contributed by atoms with Crippen LogP contribution < -0.4 is 15.8 Å². The van der Waals surface area contributed by atoms with Gasteiger partial charge in [0.15, 0.2) is 0 Å². The van der Waals surface area contributed by atoms with E-state index < -0.39 is 0 Å². The summed E-state index contributed by atoms with van der Waals surface area (Å²) in [5.41, 5.74) is 17.6. The van der Waals surface area contributed by atoms with E-state index in [1.807, 2.05) is 0 Å². The lowest BCUT2D eigenvalue weighted by Gasteiger charge is -2.40. The van der Waals surface area contributed by atoms with Crippen molar-refractivity contribution in [3.05, 3.63) is 188 Å². The molecule has 11 aromatic rings.